The Labute approximate surface area is 201 Å². The molecule has 2 aromatic carbocycles. The minimum atomic E-state index is -0.254. The van der Waals surface area contributed by atoms with Crippen molar-refractivity contribution in [3.63, 3.8) is 0 Å². The molecule has 0 amide bonds. The average Bonchev–Trinajstić information content (AvgIpc) is 3.47. The minimum Gasteiger partial charge on any atom is -0.382 e. The Morgan fingerprint density at radius 1 is 0.857 bits per heavy atom. The zero-order valence-corrected chi connectivity index (χ0v) is 19.3. The second kappa shape index (κ2) is 8.36. The van der Waals surface area contributed by atoms with Gasteiger partial charge in [-0.25, -0.2) is 4.39 Å². The number of halogens is 1. The van der Waals surface area contributed by atoms with Gasteiger partial charge in [0.2, 0.25) is 0 Å². The van der Waals surface area contributed by atoms with Gasteiger partial charge in [0.1, 0.15) is 11.5 Å². The lowest BCUT2D eigenvalue weighted by Gasteiger charge is -2.10. The fourth-order valence-electron chi connectivity index (χ4n) is 4.46. The maximum Gasteiger partial charge on any atom is 0.123 e. The van der Waals surface area contributed by atoms with E-state index in [1.165, 1.54) is 6.07 Å². The molecule has 0 spiro atoms. The number of pyridine rings is 2. The van der Waals surface area contributed by atoms with Gasteiger partial charge in [0.25, 0.3) is 0 Å². The maximum atomic E-state index is 13.9. The highest BCUT2D eigenvalue weighted by molar-refractivity contribution is 6.01. The Balaban J connectivity index is 1.45. The smallest absolute Gasteiger partial charge is 0.123 e. The number of aromatic amines is 2. The van der Waals surface area contributed by atoms with E-state index in [-0.39, 0.29) is 5.82 Å². The third-order valence-electron chi connectivity index (χ3n) is 5.99. The zero-order valence-electron chi connectivity index (χ0n) is 19.3. The molecule has 7 heteroatoms. The van der Waals surface area contributed by atoms with Gasteiger partial charge in [-0.05, 0) is 61.4 Å². The molecule has 0 aliphatic heterocycles. The molecule has 0 unspecified atom stereocenters. The molecule has 3 N–H and O–H groups in total. The van der Waals surface area contributed by atoms with E-state index >= 15 is 0 Å². The summed E-state index contributed by atoms with van der Waals surface area (Å²) in [5.41, 5.74) is 7.98. The van der Waals surface area contributed by atoms with Crippen LogP contribution in [-0.4, -0.2) is 31.2 Å². The SMILES string of the molecule is CC(C)Nc1cncc(-c2cc3c(-c4cc5c(-c6cccc(F)c6)cccc5[nH]4)n[nH]c3cn2)c1. The highest BCUT2D eigenvalue weighted by Gasteiger charge is 2.15. The largest absolute Gasteiger partial charge is 0.382 e. The molecule has 172 valence electrons. The number of aromatic nitrogens is 5. The van der Waals surface area contributed by atoms with Crippen LogP contribution in [0.15, 0.2) is 79.3 Å². The second-order valence-electron chi connectivity index (χ2n) is 8.91. The number of rotatable bonds is 5. The van der Waals surface area contributed by atoms with Crippen LogP contribution in [0.1, 0.15) is 13.8 Å². The Bertz CT molecular complexity index is 1680. The van der Waals surface area contributed by atoms with E-state index < -0.39 is 0 Å². The predicted molar refractivity (Wildman–Crippen MR) is 139 cm³/mol. The van der Waals surface area contributed by atoms with Gasteiger partial charge in [0.15, 0.2) is 0 Å². The summed E-state index contributed by atoms with van der Waals surface area (Å²) in [4.78, 5) is 12.5. The number of nitrogens with one attached hydrogen (secondary N) is 3. The van der Waals surface area contributed by atoms with Crippen LogP contribution in [0.4, 0.5) is 10.1 Å². The Morgan fingerprint density at radius 3 is 2.60 bits per heavy atom. The van der Waals surface area contributed by atoms with Crippen LogP contribution in [-0.2, 0) is 0 Å². The lowest BCUT2D eigenvalue weighted by atomic mass is 10.0. The lowest BCUT2D eigenvalue weighted by molar-refractivity contribution is 0.628. The van der Waals surface area contributed by atoms with Crippen LogP contribution in [0.25, 0.3) is 55.6 Å². The number of fused-ring (bicyclic) bond motifs is 2. The third-order valence-corrected chi connectivity index (χ3v) is 5.99. The van der Waals surface area contributed by atoms with E-state index in [9.17, 15) is 4.39 Å². The van der Waals surface area contributed by atoms with Crippen LogP contribution in [0, 0.1) is 5.82 Å². The number of benzene rings is 2. The van der Waals surface area contributed by atoms with Crippen LogP contribution in [0.2, 0.25) is 0 Å². The van der Waals surface area contributed by atoms with E-state index in [0.29, 0.717) is 6.04 Å². The molecule has 6 nitrogen and oxygen atoms in total. The zero-order chi connectivity index (χ0) is 23.9. The predicted octanol–water partition coefficient (Wildman–Crippen LogP) is 6.79. The van der Waals surface area contributed by atoms with E-state index in [1.807, 2.05) is 42.7 Å². The first kappa shape index (κ1) is 21.0. The molecule has 6 rings (SSSR count). The summed E-state index contributed by atoms with van der Waals surface area (Å²) in [6.07, 6.45) is 5.42. The van der Waals surface area contributed by atoms with Gasteiger partial charge in [0.05, 0.1) is 28.8 Å². The van der Waals surface area contributed by atoms with Crippen molar-refractivity contribution >= 4 is 27.5 Å². The van der Waals surface area contributed by atoms with E-state index in [4.69, 9.17) is 0 Å². The monoisotopic (exact) mass is 462 g/mol. The number of nitrogens with zero attached hydrogens (tertiary/aromatic N) is 3. The molecule has 0 bridgehead atoms. The second-order valence-corrected chi connectivity index (χ2v) is 8.91. The summed E-state index contributed by atoms with van der Waals surface area (Å²) in [6.45, 7) is 4.18. The average molecular weight is 463 g/mol. The van der Waals surface area contributed by atoms with Crippen molar-refractivity contribution in [2.75, 3.05) is 5.32 Å². The molecule has 0 saturated heterocycles. The number of hydrogen-bond donors (Lipinski definition) is 3. The molecule has 0 atom stereocenters. The Morgan fingerprint density at radius 2 is 1.74 bits per heavy atom. The lowest BCUT2D eigenvalue weighted by Crippen LogP contribution is -2.09. The van der Waals surface area contributed by atoms with Gasteiger partial charge < -0.3 is 10.3 Å². The molecule has 0 aliphatic carbocycles. The van der Waals surface area contributed by atoms with Crippen molar-refractivity contribution in [2.45, 2.75) is 19.9 Å². The topological polar surface area (TPSA) is 82.3 Å². The Kier molecular flexibility index (Phi) is 5.03. The molecular weight excluding hydrogens is 439 g/mol. The Hall–Kier alpha value is -4.52. The quantitative estimate of drug-likeness (QED) is 0.263. The van der Waals surface area contributed by atoms with Gasteiger partial charge in [0, 0.05) is 40.3 Å². The van der Waals surface area contributed by atoms with E-state index in [2.05, 4.69) is 56.4 Å². The van der Waals surface area contributed by atoms with Crippen LogP contribution >= 0.6 is 0 Å². The number of anilines is 1. The molecular formula is C28H23FN6. The number of hydrogen-bond acceptors (Lipinski definition) is 4. The summed E-state index contributed by atoms with van der Waals surface area (Å²) in [6, 6.07) is 19.1. The first-order valence-electron chi connectivity index (χ1n) is 11.5. The first-order chi connectivity index (χ1) is 17.0. The summed E-state index contributed by atoms with van der Waals surface area (Å²) < 4.78 is 13.9. The molecule has 0 aliphatic rings. The summed E-state index contributed by atoms with van der Waals surface area (Å²) in [5.74, 6) is -0.254. The fraction of sp³-hybridized carbons (Fsp3) is 0.107. The summed E-state index contributed by atoms with van der Waals surface area (Å²) in [5, 5.41) is 13.0. The number of H-pyrrole nitrogens is 2. The van der Waals surface area contributed by atoms with Crippen LogP contribution in [0.3, 0.4) is 0 Å². The van der Waals surface area contributed by atoms with Gasteiger partial charge in [-0.1, -0.05) is 24.3 Å². The molecule has 4 heterocycles. The van der Waals surface area contributed by atoms with Gasteiger partial charge >= 0.3 is 0 Å². The summed E-state index contributed by atoms with van der Waals surface area (Å²) in [7, 11) is 0. The third kappa shape index (κ3) is 3.91. The van der Waals surface area contributed by atoms with Crippen molar-refractivity contribution in [1.82, 2.24) is 25.1 Å². The fourth-order valence-corrected chi connectivity index (χ4v) is 4.46. The van der Waals surface area contributed by atoms with Gasteiger partial charge in [-0.15, -0.1) is 0 Å². The molecule has 4 aromatic heterocycles. The minimum absolute atomic E-state index is 0.254. The van der Waals surface area contributed by atoms with E-state index in [0.717, 1.165) is 61.3 Å². The standard InChI is InChI=1S/C28H23FN6/c1-16(2)32-20-10-18(13-30-14-20)25-12-23-27(15-31-25)34-35-28(23)26-11-22-21(7-4-8-24(22)33-26)17-5-3-6-19(29)9-17/h3-16,32-33H,1-2H3,(H,34,35). The molecule has 6 aromatic rings. The van der Waals surface area contributed by atoms with Crippen molar-refractivity contribution in [2.24, 2.45) is 0 Å². The van der Waals surface area contributed by atoms with Crippen molar-refractivity contribution < 1.29 is 4.39 Å². The molecule has 35 heavy (non-hydrogen) atoms. The first-order valence-corrected chi connectivity index (χ1v) is 11.5. The molecule has 0 radical (unpaired) electrons. The van der Waals surface area contributed by atoms with Crippen molar-refractivity contribution in [1.29, 1.82) is 0 Å². The normalized spacial score (nSPS) is 11.5. The van der Waals surface area contributed by atoms with E-state index in [1.54, 1.807) is 18.3 Å². The molecule has 0 saturated carbocycles. The maximum absolute atomic E-state index is 13.9. The van der Waals surface area contributed by atoms with Crippen molar-refractivity contribution in [3.05, 3.63) is 85.1 Å². The highest BCUT2D eigenvalue weighted by Crippen LogP contribution is 2.35. The van der Waals surface area contributed by atoms with Crippen LogP contribution < -0.4 is 5.32 Å². The van der Waals surface area contributed by atoms with Gasteiger partial charge in [-0.2, -0.15) is 5.10 Å². The van der Waals surface area contributed by atoms with Gasteiger partial charge in [-0.3, -0.25) is 15.1 Å². The van der Waals surface area contributed by atoms with Crippen molar-refractivity contribution in [3.8, 4) is 33.8 Å². The summed E-state index contributed by atoms with van der Waals surface area (Å²) >= 11 is 0. The highest BCUT2D eigenvalue weighted by atomic mass is 19.1. The van der Waals surface area contributed by atoms with Crippen LogP contribution in [0.5, 0.6) is 0 Å². The molecule has 0 fully saturated rings.